The van der Waals surface area contributed by atoms with Crippen LogP contribution in [0.15, 0.2) is 84.9 Å². The quantitative estimate of drug-likeness (QED) is 0.522. The van der Waals surface area contributed by atoms with Crippen LogP contribution in [0.1, 0.15) is 5.56 Å². The van der Waals surface area contributed by atoms with Crippen LogP contribution in [0, 0.1) is 11.3 Å². The highest BCUT2D eigenvalue weighted by molar-refractivity contribution is 6.80. The van der Waals surface area contributed by atoms with E-state index in [9.17, 15) is 0 Å². The maximum Gasteiger partial charge on any atom is 0.406 e. The van der Waals surface area contributed by atoms with E-state index in [1.165, 1.54) is 16.2 Å². The van der Waals surface area contributed by atoms with E-state index in [1.807, 2.05) is 24.3 Å². The van der Waals surface area contributed by atoms with Crippen LogP contribution in [0.2, 0.25) is 0 Å². The molecule has 27 heavy (non-hydrogen) atoms. The zero-order valence-electron chi connectivity index (χ0n) is 14.6. The van der Waals surface area contributed by atoms with Crippen molar-refractivity contribution in [2.24, 2.45) is 0 Å². The van der Waals surface area contributed by atoms with E-state index in [-0.39, 0.29) is 6.98 Å². The summed E-state index contributed by atoms with van der Waals surface area (Å²) in [6.07, 6.45) is 0. The van der Waals surface area contributed by atoms with Crippen LogP contribution in [0.4, 0.5) is 11.4 Å². The number of rotatable bonds is 2. The maximum atomic E-state index is 9.10. The van der Waals surface area contributed by atoms with Gasteiger partial charge in [-0.25, -0.2) is 0 Å². The van der Waals surface area contributed by atoms with Crippen molar-refractivity contribution in [3.05, 3.63) is 90.5 Å². The number of hydrogen-bond acceptors (Lipinski definition) is 3. The van der Waals surface area contributed by atoms with Crippen molar-refractivity contribution in [3.8, 4) is 17.2 Å². The molecule has 1 aliphatic rings. The van der Waals surface area contributed by atoms with Crippen LogP contribution >= 0.6 is 0 Å². The standard InChI is InChI=1S/C23H16BN3/c25-15-16-4-1-7-19(14-16)17-10-12-20(13-11-17)24-26-21-8-2-5-18-6-3-9-22(27-24)23(18)21/h1-14,26-27H. The Morgan fingerprint density at radius 2 is 1.37 bits per heavy atom. The Bertz CT molecular complexity index is 1150. The maximum absolute atomic E-state index is 9.10. The topological polar surface area (TPSA) is 47.9 Å². The van der Waals surface area contributed by atoms with Crippen molar-refractivity contribution < 1.29 is 0 Å². The second kappa shape index (κ2) is 6.23. The van der Waals surface area contributed by atoms with Gasteiger partial charge in [-0.1, -0.05) is 60.7 Å². The summed E-state index contributed by atoms with van der Waals surface area (Å²) < 4.78 is 0. The molecule has 1 heterocycles. The minimum Gasteiger partial charge on any atom is -0.405 e. The molecule has 2 N–H and O–H groups in total. The molecule has 0 saturated heterocycles. The van der Waals surface area contributed by atoms with Gasteiger partial charge in [0, 0.05) is 16.8 Å². The fourth-order valence-electron chi connectivity index (χ4n) is 3.73. The van der Waals surface area contributed by atoms with Crippen LogP contribution in [0.5, 0.6) is 0 Å². The number of hydrogen-bond donors (Lipinski definition) is 2. The van der Waals surface area contributed by atoms with Gasteiger partial charge < -0.3 is 10.5 Å². The molecule has 1 aliphatic heterocycles. The molecule has 5 rings (SSSR count). The fraction of sp³-hybridized carbons (Fsp3) is 0. The highest BCUT2D eigenvalue weighted by atomic mass is 15.0. The second-order valence-electron chi connectivity index (χ2n) is 6.75. The van der Waals surface area contributed by atoms with Crippen LogP contribution in [0.25, 0.3) is 21.9 Å². The highest BCUT2D eigenvalue weighted by Gasteiger charge is 2.25. The molecule has 4 aromatic rings. The molecule has 4 aromatic carbocycles. The summed E-state index contributed by atoms with van der Waals surface area (Å²) in [6.45, 7) is 0.0185. The number of nitriles is 1. The Morgan fingerprint density at radius 1 is 0.704 bits per heavy atom. The average molecular weight is 345 g/mol. The van der Waals surface area contributed by atoms with Crippen molar-refractivity contribution in [1.82, 2.24) is 0 Å². The normalized spacial score (nSPS) is 12.2. The molecule has 3 nitrogen and oxygen atoms in total. The predicted octanol–water partition coefficient (Wildman–Crippen LogP) is 4.61. The van der Waals surface area contributed by atoms with Gasteiger partial charge in [0.25, 0.3) is 0 Å². The Hall–Kier alpha value is -3.71. The van der Waals surface area contributed by atoms with E-state index in [2.05, 4.69) is 77.2 Å². The molecular weight excluding hydrogens is 329 g/mol. The fourth-order valence-corrected chi connectivity index (χ4v) is 3.73. The smallest absolute Gasteiger partial charge is 0.405 e. The van der Waals surface area contributed by atoms with Gasteiger partial charge in [0.2, 0.25) is 0 Å². The van der Waals surface area contributed by atoms with Crippen molar-refractivity contribution in [2.75, 3.05) is 10.5 Å². The predicted molar refractivity (Wildman–Crippen MR) is 113 cm³/mol. The van der Waals surface area contributed by atoms with Gasteiger partial charge in [-0.2, -0.15) is 5.26 Å². The van der Waals surface area contributed by atoms with Crippen molar-refractivity contribution in [1.29, 1.82) is 5.26 Å². The first kappa shape index (κ1) is 15.5. The van der Waals surface area contributed by atoms with Crippen LogP contribution in [0.3, 0.4) is 0 Å². The van der Waals surface area contributed by atoms with Gasteiger partial charge >= 0.3 is 6.98 Å². The van der Waals surface area contributed by atoms with Gasteiger partial charge in [0.1, 0.15) is 0 Å². The SMILES string of the molecule is N#Cc1cccc(-c2ccc(B3Nc4cccc5cccc(c45)N3)cc2)c1. The van der Waals surface area contributed by atoms with Gasteiger partial charge in [-0.3, -0.25) is 0 Å². The number of benzene rings is 4. The lowest BCUT2D eigenvalue weighted by Gasteiger charge is -2.27. The molecule has 126 valence electrons. The molecule has 0 fully saturated rings. The summed E-state index contributed by atoms with van der Waals surface area (Å²) in [6, 6.07) is 31.1. The lowest BCUT2D eigenvalue weighted by atomic mass is 9.66. The first-order chi connectivity index (χ1) is 13.3. The molecule has 0 spiro atoms. The van der Waals surface area contributed by atoms with E-state index in [0.717, 1.165) is 22.5 Å². The Kier molecular flexibility index (Phi) is 3.58. The molecular formula is C23H16BN3. The zero-order valence-corrected chi connectivity index (χ0v) is 14.6. The van der Waals surface area contributed by atoms with Crippen molar-refractivity contribution >= 4 is 34.6 Å². The first-order valence-electron chi connectivity index (χ1n) is 8.97. The third kappa shape index (κ3) is 2.70. The Balaban J connectivity index is 1.47. The molecule has 0 unspecified atom stereocenters. The number of anilines is 2. The van der Waals surface area contributed by atoms with Crippen LogP contribution in [-0.2, 0) is 0 Å². The highest BCUT2D eigenvalue weighted by Crippen LogP contribution is 2.33. The van der Waals surface area contributed by atoms with E-state index in [1.54, 1.807) is 0 Å². The van der Waals surface area contributed by atoms with Crippen LogP contribution < -0.4 is 15.9 Å². The summed E-state index contributed by atoms with van der Waals surface area (Å²) in [5, 5.41) is 18.8. The number of nitrogens with one attached hydrogen (secondary N) is 2. The van der Waals surface area contributed by atoms with E-state index >= 15 is 0 Å². The lowest BCUT2D eigenvalue weighted by molar-refractivity contribution is 1.48. The van der Waals surface area contributed by atoms with Crippen LogP contribution in [-0.4, -0.2) is 6.98 Å². The van der Waals surface area contributed by atoms with Gasteiger partial charge in [-0.05, 0) is 46.2 Å². The molecule has 0 amide bonds. The van der Waals surface area contributed by atoms with E-state index in [0.29, 0.717) is 5.56 Å². The summed E-state index contributed by atoms with van der Waals surface area (Å²) in [5.41, 5.74) is 6.31. The lowest BCUT2D eigenvalue weighted by Crippen LogP contribution is -2.47. The summed E-state index contributed by atoms with van der Waals surface area (Å²) in [4.78, 5) is 0. The summed E-state index contributed by atoms with van der Waals surface area (Å²) in [7, 11) is 0. The molecule has 0 radical (unpaired) electrons. The van der Waals surface area contributed by atoms with Gasteiger partial charge in [0.15, 0.2) is 0 Å². The monoisotopic (exact) mass is 345 g/mol. The second-order valence-corrected chi connectivity index (χ2v) is 6.75. The Labute approximate surface area is 158 Å². The molecule has 0 atom stereocenters. The molecule has 0 bridgehead atoms. The molecule has 4 heteroatoms. The molecule has 0 aromatic heterocycles. The minimum absolute atomic E-state index is 0.0185. The van der Waals surface area contributed by atoms with Crippen molar-refractivity contribution in [2.45, 2.75) is 0 Å². The van der Waals surface area contributed by atoms with Gasteiger partial charge in [0.05, 0.1) is 11.6 Å². The largest absolute Gasteiger partial charge is 0.406 e. The number of nitrogens with zero attached hydrogens (tertiary/aromatic N) is 1. The molecule has 0 saturated carbocycles. The first-order valence-corrected chi connectivity index (χ1v) is 8.97. The van der Waals surface area contributed by atoms with Crippen molar-refractivity contribution in [3.63, 3.8) is 0 Å². The van der Waals surface area contributed by atoms with E-state index < -0.39 is 0 Å². The van der Waals surface area contributed by atoms with E-state index in [4.69, 9.17) is 5.26 Å². The minimum atomic E-state index is 0.0185. The molecule has 0 aliphatic carbocycles. The third-order valence-electron chi connectivity index (χ3n) is 5.07. The van der Waals surface area contributed by atoms with Gasteiger partial charge in [-0.15, -0.1) is 0 Å². The third-order valence-corrected chi connectivity index (χ3v) is 5.07. The average Bonchev–Trinajstić information content (AvgIpc) is 2.74. The zero-order chi connectivity index (χ0) is 18.2. The Morgan fingerprint density at radius 3 is 2.04 bits per heavy atom. The summed E-state index contributed by atoms with van der Waals surface area (Å²) >= 11 is 0. The summed E-state index contributed by atoms with van der Waals surface area (Å²) in [5.74, 6) is 0.